The van der Waals surface area contributed by atoms with Gasteiger partial charge in [-0.2, -0.15) is 0 Å². The van der Waals surface area contributed by atoms with Crippen LogP contribution in [0, 0.1) is 11.6 Å². The van der Waals surface area contributed by atoms with E-state index in [4.69, 9.17) is 9.52 Å². The highest BCUT2D eigenvalue weighted by Crippen LogP contribution is 2.20. The molecule has 5 nitrogen and oxygen atoms in total. The second kappa shape index (κ2) is 5.70. The number of aliphatic hydroxyl groups is 1. The summed E-state index contributed by atoms with van der Waals surface area (Å²) in [7, 11) is -4.26. The average Bonchev–Trinajstić information content (AvgIpc) is 2.92. The molecule has 0 spiro atoms. The molecule has 0 atom stereocenters. The summed E-state index contributed by atoms with van der Waals surface area (Å²) in [5.74, 6) is -2.50. The van der Waals surface area contributed by atoms with E-state index in [9.17, 15) is 17.2 Å². The van der Waals surface area contributed by atoms with E-state index >= 15 is 0 Å². The van der Waals surface area contributed by atoms with E-state index in [1.54, 1.807) is 6.07 Å². The third-order valence-electron chi connectivity index (χ3n) is 2.54. The predicted octanol–water partition coefficient (Wildman–Crippen LogP) is 1.53. The van der Waals surface area contributed by atoms with E-state index in [-0.39, 0.29) is 12.1 Å². The van der Waals surface area contributed by atoms with Crippen LogP contribution in [0.2, 0.25) is 0 Å². The number of rotatable bonds is 5. The van der Waals surface area contributed by atoms with Crippen molar-refractivity contribution in [3.05, 3.63) is 53.5 Å². The third-order valence-corrected chi connectivity index (χ3v) is 3.94. The van der Waals surface area contributed by atoms with Crippen molar-refractivity contribution >= 4 is 10.0 Å². The molecule has 2 rings (SSSR count). The average molecular weight is 303 g/mol. The standard InChI is InChI=1S/C12H11F2NO4S/c13-10-4-8(7-16)5-11(12(10)14)20(17,18)15-6-9-2-1-3-19-9/h1-5,15-16H,6-7H2. The number of sulfonamides is 1. The molecule has 0 unspecified atom stereocenters. The maximum absolute atomic E-state index is 13.6. The van der Waals surface area contributed by atoms with Crippen LogP contribution >= 0.6 is 0 Å². The molecule has 2 N–H and O–H groups in total. The third kappa shape index (κ3) is 3.03. The number of aliphatic hydroxyl groups excluding tert-OH is 1. The van der Waals surface area contributed by atoms with Gasteiger partial charge >= 0.3 is 0 Å². The molecule has 1 aromatic carbocycles. The van der Waals surface area contributed by atoms with Gasteiger partial charge < -0.3 is 9.52 Å². The lowest BCUT2D eigenvalue weighted by Gasteiger charge is -2.08. The lowest BCUT2D eigenvalue weighted by Crippen LogP contribution is -2.24. The molecule has 0 amide bonds. The Morgan fingerprint density at radius 1 is 1.30 bits per heavy atom. The minimum absolute atomic E-state index is 0.0396. The first-order valence-electron chi connectivity index (χ1n) is 5.55. The van der Waals surface area contributed by atoms with Gasteiger partial charge in [0.2, 0.25) is 10.0 Å². The smallest absolute Gasteiger partial charge is 0.244 e. The Labute approximate surface area is 113 Å². The second-order valence-corrected chi connectivity index (χ2v) is 5.69. The Morgan fingerprint density at radius 3 is 2.65 bits per heavy atom. The first-order valence-corrected chi connectivity index (χ1v) is 7.03. The van der Waals surface area contributed by atoms with Gasteiger partial charge in [-0.1, -0.05) is 0 Å². The quantitative estimate of drug-likeness (QED) is 0.878. The fraction of sp³-hybridized carbons (Fsp3) is 0.167. The second-order valence-electron chi connectivity index (χ2n) is 3.95. The molecule has 0 bridgehead atoms. The van der Waals surface area contributed by atoms with Crippen molar-refractivity contribution in [1.29, 1.82) is 0 Å². The Kier molecular flexibility index (Phi) is 4.17. The Morgan fingerprint density at radius 2 is 2.05 bits per heavy atom. The first-order chi connectivity index (χ1) is 9.44. The van der Waals surface area contributed by atoms with E-state index in [2.05, 4.69) is 4.72 Å². The molecule has 8 heteroatoms. The van der Waals surface area contributed by atoms with Crippen molar-refractivity contribution in [1.82, 2.24) is 4.72 Å². The number of halogens is 2. The van der Waals surface area contributed by atoms with Crippen LogP contribution in [-0.2, 0) is 23.2 Å². The fourth-order valence-corrected chi connectivity index (χ4v) is 2.69. The van der Waals surface area contributed by atoms with Crippen LogP contribution in [0.4, 0.5) is 8.78 Å². The van der Waals surface area contributed by atoms with Gasteiger partial charge in [0, 0.05) is 0 Å². The first kappa shape index (κ1) is 14.6. The summed E-state index contributed by atoms with van der Waals surface area (Å²) in [6.07, 6.45) is 1.36. The van der Waals surface area contributed by atoms with E-state index in [0.29, 0.717) is 5.76 Å². The lowest BCUT2D eigenvalue weighted by molar-refractivity contribution is 0.280. The molecule has 0 saturated carbocycles. The van der Waals surface area contributed by atoms with Gasteiger partial charge in [-0.15, -0.1) is 0 Å². The monoisotopic (exact) mass is 303 g/mol. The molecule has 0 radical (unpaired) electrons. The summed E-state index contributed by atoms with van der Waals surface area (Å²) in [6.45, 7) is -0.794. The van der Waals surface area contributed by atoms with Gasteiger partial charge in [0.1, 0.15) is 10.7 Å². The molecule has 20 heavy (non-hydrogen) atoms. The minimum Gasteiger partial charge on any atom is -0.468 e. The van der Waals surface area contributed by atoms with Crippen LogP contribution in [0.25, 0.3) is 0 Å². The molecule has 0 aliphatic carbocycles. The van der Waals surface area contributed by atoms with Gasteiger partial charge in [-0.05, 0) is 29.8 Å². The molecule has 2 aromatic rings. The summed E-state index contributed by atoms with van der Waals surface area (Å²) >= 11 is 0. The number of nitrogens with one attached hydrogen (secondary N) is 1. The molecule has 0 aliphatic heterocycles. The summed E-state index contributed by atoms with van der Waals surface area (Å²) in [6, 6.07) is 4.71. The lowest BCUT2D eigenvalue weighted by atomic mass is 10.2. The van der Waals surface area contributed by atoms with E-state index in [1.807, 2.05) is 0 Å². The molecule has 0 aliphatic rings. The van der Waals surface area contributed by atoms with Gasteiger partial charge in [0.15, 0.2) is 11.6 Å². The molecular formula is C12H11F2NO4S. The topological polar surface area (TPSA) is 79.5 Å². The molecule has 0 saturated heterocycles. The van der Waals surface area contributed by atoms with Crippen molar-refractivity contribution in [3.8, 4) is 0 Å². The Balaban J connectivity index is 2.31. The van der Waals surface area contributed by atoms with Crippen LogP contribution in [0.1, 0.15) is 11.3 Å². The van der Waals surface area contributed by atoms with Crippen LogP contribution < -0.4 is 4.72 Å². The number of hydrogen-bond acceptors (Lipinski definition) is 4. The largest absolute Gasteiger partial charge is 0.468 e. The predicted molar refractivity (Wildman–Crippen MR) is 65.0 cm³/mol. The van der Waals surface area contributed by atoms with Gasteiger partial charge in [-0.25, -0.2) is 21.9 Å². The molecular weight excluding hydrogens is 292 g/mol. The zero-order valence-electron chi connectivity index (χ0n) is 10.1. The highest BCUT2D eigenvalue weighted by atomic mass is 32.2. The SMILES string of the molecule is O=S(=O)(NCc1ccco1)c1cc(CO)cc(F)c1F. The zero-order chi connectivity index (χ0) is 14.8. The highest BCUT2D eigenvalue weighted by Gasteiger charge is 2.23. The van der Waals surface area contributed by atoms with Crippen molar-refractivity contribution < 1.29 is 26.7 Å². The van der Waals surface area contributed by atoms with Crippen LogP contribution in [0.15, 0.2) is 39.8 Å². The maximum Gasteiger partial charge on any atom is 0.244 e. The highest BCUT2D eigenvalue weighted by molar-refractivity contribution is 7.89. The van der Waals surface area contributed by atoms with Gasteiger partial charge in [-0.3, -0.25) is 0 Å². The molecule has 1 aromatic heterocycles. The molecule has 1 heterocycles. The Hall–Kier alpha value is -1.77. The number of furan rings is 1. The minimum atomic E-state index is -4.26. The summed E-state index contributed by atoms with van der Waals surface area (Å²) in [5.41, 5.74) is -0.0396. The van der Waals surface area contributed by atoms with Crippen LogP contribution in [-0.4, -0.2) is 13.5 Å². The van der Waals surface area contributed by atoms with E-state index in [0.717, 1.165) is 12.1 Å². The van der Waals surface area contributed by atoms with Crippen molar-refractivity contribution in [2.75, 3.05) is 0 Å². The zero-order valence-corrected chi connectivity index (χ0v) is 11.0. The molecule has 0 fully saturated rings. The normalized spacial score (nSPS) is 11.8. The van der Waals surface area contributed by atoms with E-state index < -0.39 is 33.2 Å². The summed E-state index contributed by atoms with van der Waals surface area (Å²) < 4.78 is 57.7. The van der Waals surface area contributed by atoms with Crippen LogP contribution in [0.5, 0.6) is 0 Å². The fourth-order valence-electron chi connectivity index (χ4n) is 1.56. The van der Waals surface area contributed by atoms with Crippen molar-refractivity contribution in [3.63, 3.8) is 0 Å². The number of hydrogen-bond donors (Lipinski definition) is 2. The van der Waals surface area contributed by atoms with Crippen LogP contribution in [0.3, 0.4) is 0 Å². The maximum atomic E-state index is 13.6. The summed E-state index contributed by atoms with van der Waals surface area (Å²) in [4.78, 5) is -0.854. The van der Waals surface area contributed by atoms with Gasteiger partial charge in [0.25, 0.3) is 0 Å². The van der Waals surface area contributed by atoms with E-state index in [1.165, 1.54) is 12.3 Å². The summed E-state index contributed by atoms with van der Waals surface area (Å²) in [5, 5.41) is 8.90. The molecule has 108 valence electrons. The van der Waals surface area contributed by atoms with Gasteiger partial charge in [0.05, 0.1) is 19.4 Å². The Bertz CT molecular complexity index is 698. The van der Waals surface area contributed by atoms with Crippen molar-refractivity contribution in [2.45, 2.75) is 18.0 Å². The number of benzene rings is 1. The van der Waals surface area contributed by atoms with Crippen molar-refractivity contribution in [2.24, 2.45) is 0 Å².